The van der Waals surface area contributed by atoms with E-state index in [0.29, 0.717) is 38.0 Å². The molecule has 3 rings (SSSR count). The third-order valence-electron chi connectivity index (χ3n) is 4.42. The number of aryl methyl sites for hydroxylation is 1. The molecule has 1 fully saturated rings. The molecule has 7 heteroatoms. The van der Waals surface area contributed by atoms with Crippen LogP contribution in [0.3, 0.4) is 0 Å². The predicted octanol–water partition coefficient (Wildman–Crippen LogP) is 2.41. The molecule has 1 aliphatic heterocycles. The number of carbonyl (C=O) groups is 2. The molecule has 2 heterocycles. The number of nitrogens with one attached hydrogen (secondary N) is 1. The zero-order valence-electron chi connectivity index (χ0n) is 12.3. The molecule has 0 radical (unpaired) electrons. The molecule has 1 atom stereocenters. The van der Waals surface area contributed by atoms with Gasteiger partial charge in [-0.25, -0.2) is 8.78 Å². The summed E-state index contributed by atoms with van der Waals surface area (Å²) in [4.78, 5) is 23.7. The lowest BCUT2D eigenvalue weighted by Gasteiger charge is -2.11. The lowest BCUT2D eigenvalue weighted by molar-refractivity contribution is 0.00477. The average molecular weight is 311 g/mol. The fourth-order valence-electron chi connectivity index (χ4n) is 3.21. The SMILES string of the molecule is O=C(NCCC1CCC(F)(F)C1)c1cc2n(n1)CCCC2=O. The summed E-state index contributed by atoms with van der Waals surface area (Å²) in [6.07, 6.45) is 2.15. The van der Waals surface area contributed by atoms with E-state index in [0.717, 1.165) is 6.42 Å². The standard InChI is InChI=1S/C15H19F2N3O2/c16-15(17)5-3-10(9-15)4-6-18-14(22)11-8-12-13(21)2-1-7-20(12)19-11/h8,10H,1-7,9H2,(H,18,22). The summed E-state index contributed by atoms with van der Waals surface area (Å²) in [5.74, 6) is -2.92. The van der Waals surface area contributed by atoms with Gasteiger partial charge in [-0.2, -0.15) is 5.10 Å². The second kappa shape index (κ2) is 5.78. The average Bonchev–Trinajstić information content (AvgIpc) is 3.03. The maximum absolute atomic E-state index is 13.1. The van der Waals surface area contributed by atoms with Crippen molar-refractivity contribution < 1.29 is 18.4 Å². The second-order valence-corrected chi connectivity index (χ2v) is 6.17. The van der Waals surface area contributed by atoms with Gasteiger partial charge in [0.15, 0.2) is 11.5 Å². The van der Waals surface area contributed by atoms with Gasteiger partial charge in [-0.05, 0) is 25.2 Å². The van der Waals surface area contributed by atoms with Crippen molar-refractivity contribution in [3.63, 3.8) is 0 Å². The van der Waals surface area contributed by atoms with Crippen molar-refractivity contribution in [1.82, 2.24) is 15.1 Å². The number of rotatable bonds is 4. The summed E-state index contributed by atoms with van der Waals surface area (Å²) in [5, 5.41) is 6.84. The highest BCUT2D eigenvalue weighted by atomic mass is 19.3. The summed E-state index contributed by atoms with van der Waals surface area (Å²) in [6.45, 7) is 1.00. The molecule has 2 aliphatic rings. The zero-order chi connectivity index (χ0) is 15.7. The number of ketones is 1. The summed E-state index contributed by atoms with van der Waals surface area (Å²) >= 11 is 0. The van der Waals surface area contributed by atoms with E-state index in [1.54, 1.807) is 4.68 Å². The van der Waals surface area contributed by atoms with Gasteiger partial charge in [0.25, 0.3) is 5.91 Å². The van der Waals surface area contributed by atoms with Crippen LogP contribution in [0.5, 0.6) is 0 Å². The van der Waals surface area contributed by atoms with Gasteiger partial charge in [-0.1, -0.05) is 0 Å². The largest absolute Gasteiger partial charge is 0.351 e. The number of nitrogens with zero attached hydrogens (tertiary/aromatic N) is 2. The first-order valence-corrected chi connectivity index (χ1v) is 7.72. The number of hydrogen-bond donors (Lipinski definition) is 1. The minimum Gasteiger partial charge on any atom is -0.351 e. The maximum atomic E-state index is 13.1. The molecule has 1 aliphatic carbocycles. The van der Waals surface area contributed by atoms with E-state index < -0.39 is 5.92 Å². The van der Waals surface area contributed by atoms with Gasteiger partial charge in [-0.3, -0.25) is 14.3 Å². The second-order valence-electron chi connectivity index (χ2n) is 6.17. The van der Waals surface area contributed by atoms with Gasteiger partial charge >= 0.3 is 0 Å². The number of Topliss-reactive ketones (excluding diaryl/α,β-unsaturated/α-hetero) is 1. The molecule has 1 amide bonds. The van der Waals surface area contributed by atoms with Gasteiger partial charge < -0.3 is 5.32 Å². The van der Waals surface area contributed by atoms with Crippen molar-refractivity contribution in [3.05, 3.63) is 17.5 Å². The molecule has 1 aromatic heterocycles. The van der Waals surface area contributed by atoms with E-state index in [9.17, 15) is 18.4 Å². The summed E-state index contributed by atoms with van der Waals surface area (Å²) in [6, 6.07) is 1.51. The number of amides is 1. The quantitative estimate of drug-likeness (QED) is 0.929. The van der Waals surface area contributed by atoms with Crippen molar-refractivity contribution in [2.75, 3.05) is 6.54 Å². The Hall–Kier alpha value is -1.79. The molecule has 0 aromatic carbocycles. The van der Waals surface area contributed by atoms with Crippen LogP contribution in [0.4, 0.5) is 8.78 Å². The number of aromatic nitrogens is 2. The van der Waals surface area contributed by atoms with Crippen molar-refractivity contribution in [3.8, 4) is 0 Å². The first kappa shape index (κ1) is 15.1. The van der Waals surface area contributed by atoms with Crippen LogP contribution < -0.4 is 5.32 Å². The first-order valence-electron chi connectivity index (χ1n) is 7.72. The van der Waals surface area contributed by atoms with Crippen LogP contribution in [0.2, 0.25) is 0 Å². The molecule has 1 aromatic rings. The monoisotopic (exact) mass is 311 g/mol. The predicted molar refractivity (Wildman–Crippen MR) is 75.0 cm³/mol. The van der Waals surface area contributed by atoms with E-state index in [2.05, 4.69) is 10.4 Å². The number of carbonyl (C=O) groups excluding carboxylic acids is 2. The highest BCUT2D eigenvalue weighted by molar-refractivity contribution is 5.99. The van der Waals surface area contributed by atoms with Gasteiger partial charge in [0, 0.05) is 38.4 Å². The van der Waals surface area contributed by atoms with Gasteiger partial charge in [0.1, 0.15) is 5.69 Å². The lowest BCUT2D eigenvalue weighted by Crippen LogP contribution is -2.26. The summed E-state index contributed by atoms with van der Waals surface area (Å²) < 4.78 is 27.7. The maximum Gasteiger partial charge on any atom is 0.271 e. The number of alkyl halides is 2. The van der Waals surface area contributed by atoms with E-state index in [1.807, 2.05) is 0 Å². The molecule has 0 saturated heterocycles. The molecule has 1 unspecified atom stereocenters. The molecule has 22 heavy (non-hydrogen) atoms. The minimum atomic E-state index is -2.54. The fourth-order valence-corrected chi connectivity index (χ4v) is 3.21. The van der Waals surface area contributed by atoms with Crippen LogP contribution in [-0.4, -0.2) is 33.9 Å². The Labute approximate surface area is 127 Å². The number of hydrogen-bond acceptors (Lipinski definition) is 3. The molecule has 1 saturated carbocycles. The third-order valence-corrected chi connectivity index (χ3v) is 4.42. The normalized spacial score (nSPS) is 23.4. The first-order chi connectivity index (χ1) is 10.4. The van der Waals surface area contributed by atoms with Gasteiger partial charge in [0.2, 0.25) is 5.92 Å². The van der Waals surface area contributed by atoms with Crippen molar-refractivity contribution in [1.29, 1.82) is 0 Å². The fraction of sp³-hybridized carbons (Fsp3) is 0.667. The van der Waals surface area contributed by atoms with Crippen LogP contribution in [0.1, 0.15) is 59.5 Å². The van der Waals surface area contributed by atoms with E-state index in [4.69, 9.17) is 0 Å². The minimum absolute atomic E-state index is 0.00554. The van der Waals surface area contributed by atoms with Crippen molar-refractivity contribution in [2.24, 2.45) is 5.92 Å². The van der Waals surface area contributed by atoms with Crippen LogP contribution >= 0.6 is 0 Å². The van der Waals surface area contributed by atoms with Crippen LogP contribution in [-0.2, 0) is 6.54 Å². The van der Waals surface area contributed by atoms with E-state index >= 15 is 0 Å². The van der Waals surface area contributed by atoms with Crippen molar-refractivity contribution >= 4 is 11.7 Å². The summed E-state index contributed by atoms with van der Waals surface area (Å²) in [5.41, 5.74) is 0.703. The molecule has 1 N–H and O–H groups in total. The molecule has 0 spiro atoms. The lowest BCUT2D eigenvalue weighted by atomic mass is 10.0. The Morgan fingerprint density at radius 3 is 3.00 bits per heavy atom. The Morgan fingerprint density at radius 1 is 1.50 bits per heavy atom. The van der Waals surface area contributed by atoms with Gasteiger partial charge in [-0.15, -0.1) is 0 Å². The Morgan fingerprint density at radius 2 is 2.32 bits per heavy atom. The highest BCUT2D eigenvalue weighted by Gasteiger charge is 2.38. The summed E-state index contributed by atoms with van der Waals surface area (Å²) in [7, 11) is 0. The Bertz CT molecular complexity index is 598. The molecule has 120 valence electrons. The molecule has 0 bridgehead atoms. The topological polar surface area (TPSA) is 64.0 Å². The van der Waals surface area contributed by atoms with E-state index in [-0.39, 0.29) is 36.1 Å². The molecular formula is C15H19F2N3O2. The number of halogens is 2. The van der Waals surface area contributed by atoms with E-state index in [1.165, 1.54) is 6.07 Å². The van der Waals surface area contributed by atoms with Gasteiger partial charge in [0.05, 0.1) is 0 Å². The number of fused-ring (bicyclic) bond motifs is 1. The third kappa shape index (κ3) is 3.18. The molecular weight excluding hydrogens is 292 g/mol. The highest BCUT2D eigenvalue weighted by Crippen LogP contribution is 2.40. The zero-order valence-corrected chi connectivity index (χ0v) is 12.3. The van der Waals surface area contributed by atoms with Crippen LogP contribution in [0.25, 0.3) is 0 Å². The van der Waals surface area contributed by atoms with Crippen molar-refractivity contribution in [2.45, 2.75) is 51.0 Å². The Balaban J connectivity index is 1.51. The van der Waals surface area contributed by atoms with Crippen LogP contribution in [0.15, 0.2) is 6.07 Å². The smallest absolute Gasteiger partial charge is 0.271 e. The van der Waals surface area contributed by atoms with Crippen LogP contribution in [0, 0.1) is 5.92 Å². The Kier molecular flexibility index (Phi) is 3.97. The molecule has 5 nitrogen and oxygen atoms in total.